The fourth-order valence-electron chi connectivity index (χ4n) is 2.00. The summed E-state index contributed by atoms with van der Waals surface area (Å²) in [5.41, 5.74) is -2.65. The second kappa shape index (κ2) is 9.94. The van der Waals surface area contributed by atoms with Crippen LogP contribution in [0.25, 0.3) is 0 Å². The van der Waals surface area contributed by atoms with E-state index in [9.17, 15) is 21.6 Å². The lowest BCUT2D eigenvalue weighted by atomic mass is 10.1. The Balaban J connectivity index is 0.000000321. The van der Waals surface area contributed by atoms with Gasteiger partial charge in [0.05, 0.1) is 7.11 Å². The van der Waals surface area contributed by atoms with Crippen molar-refractivity contribution in [2.45, 2.75) is 24.9 Å². The normalized spacial score (nSPS) is 11.2. The van der Waals surface area contributed by atoms with E-state index in [1.807, 2.05) is 18.3 Å². The van der Waals surface area contributed by atoms with Gasteiger partial charge in [-0.25, -0.2) is 0 Å². The monoisotopic (exact) mass is 386 g/mol. The van der Waals surface area contributed by atoms with Crippen molar-refractivity contribution in [2.75, 3.05) is 7.11 Å². The highest BCUT2D eigenvalue weighted by molar-refractivity contribution is 7.87. The molecule has 0 saturated carbocycles. The summed E-state index contributed by atoms with van der Waals surface area (Å²) >= 11 is 0. The predicted molar refractivity (Wildman–Crippen MR) is 91.3 cm³/mol. The van der Waals surface area contributed by atoms with Crippen molar-refractivity contribution in [3.63, 3.8) is 0 Å². The Morgan fingerprint density at radius 3 is 2.19 bits per heavy atom. The van der Waals surface area contributed by atoms with E-state index in [0.29, 0.717) is 13.7 Å². The van der Waals surface area contributed by atoms with Crippen LogP contribution in [0.1, 0.15) is 11.3 Å². The molecule has 1 aromatic heterocycles. The molecule has 0 spiro atoms. The number of alkyl halides is 3. The van der Waals surface area contributed by atoms with E-state index in [0.717, 1.165) is 12.8 Å². The van der Waals surface area contributed by atoms with E-state index in [4.69, 9.17) is 6.42 Å². The zero-order chi connectivity index (χ0) is 19.6. The molecule has 0 atom stereocenters. The first kappa shape index (κ1) is 21.7. The maximum Gasteiger partial charge on any atom is 0.523 e. The minimum Gasteiger partial charge on any atom is -0.267 e. The van der Waals surface area contributed by atoms with Gasteiger partial charge in [0.15, 0.2) is 11.9 Å². The highest BCUT2D eigenvalue weighted by Gasteiger charge is 2.46. The fourth-order valence-corrected chi connectivity index (χ4v) is 2.19. The summed E-state index contributed by atoms with van der Waals surface area (Å²) in [5.74, 6) is 2.69. The molecular formula is C18H19F3NO3S+. The standard InChI is InChI=1S/C16H16N.C2H3F3O3S/c1-2-13-17-14-7-6-10-16(17)12-11-15-8-4-3-5-9-15;1-8-9(6,7)2(3,4)5/h1,3-10,14H,11-13H2;1H3/q+1;. The summed E-state index contributed by atoms with van der Waals surface area (Å²) in [7, 11) is -4.89. The molecule has 0 N–H and O–H groups in total. The molecule has 26 heavy (non-hydrogen) atoms. The van der Waals surface area contributed by atoms with Crippen molar-refractivity contribution < 1.29 is 30.3 Å². The molecule has 1 heterocycles. The molecule has 2 aromatic rings. The number of aromatic nitrogens is 1. The summed E-state index contributed by atoms with van der Waals surface area (Å²) < 4.78 is 58.0. The van der Waals surface area contributed by atoms with Crippen LogP contribution in [0.4, 0.5) is 13.2 Å². The van der Waals surface area contributed by atoms with E-state index in [-0.39, 0.29) is 0 Å². The van der Waals surface area contributed by atoms with Crippen molar-refractivity contribution in [3.05, 3.63) is 66.0 Å². The first-order chi connectivity index (χ1) is 12.2. The summed E-state index contributed by atoms with van der Waals surface area (Å²) in [4.78, 5) is 0. The van der Waals surface area contributed by atoms with Gasteiger partial charge in [-0.15, -0.1) is 6.42 Å². The molecule has 0 aliphatic rings. The molecular weight excluding hydrogens is 367 g/mol. The van der Waals surface area contributed by atoms with Crippen LogP contribution >= 0.6 is 0 Å². The molecule has 0 aliphatic heterocycles. The van der Waals surface area contributed by atoms with Crippen LogP contribution in [-0.4, -0.2) is 21.0 Å². The number of benzene rings is 1. The Morgan fingerprint density at radius 2 is 1.69 bits per heavy atom. The third kappa shape index (κ3) is 6.86. The maximum atomic E-state index is 11.1. The van der Waals surface area contributed by atoms with Gasteiger partial charge in [-0.1, -0.05) is 36.4 Å². The van der Waals surface area contributed by atoms with E-state index in [1.165, 1.54) is 11.3 Å². The third-order valence-electron chi connectivity index (χ3n) is 3.31. The topological polar surface area (TPSA) is 47.2 Å². The SMILES string of the molecule is C#CC[n+]1ccccc1CCc1ccccc1.COS(=O)(=O)C(F)(F)F. The van der Waals surface area contributed by atoms with Crippen LogP contribution < -0.4 is 4.57 Å². The lowest BCUT2D eigenvalue weighted by Gasteiger charge is -2.02. The second-order valence-electron chi connectivity index (χ2n) is 5.08. The summed E-state index contributed by atoms with van der Waals surface area (Å²) in [6.45, 7) is 0.644. The highest BCUT2D eigenvalue weighted by atomic mass is 32.2. The number of aryl methyl sites for hydroxylation is 2. The van der Waals surface area contributed by atoms with Crippen molar-refractivity contribution in [1.29, 1.82) is 0 Å². The van der Waals surface area contributed by atoms with Gasteiger partial charge in [-0.3, -0.25) is 4.18 Å². The molecule has 0 saturated heterocycles. The first-order valence-electron chi connectivity index (χ1n) is 7.53. The maximum absolute atomic E-state index is 11.1. The smallest absolute Gasteiger partial charge is 0.267 e. The fraction of sp³-hybridized carbons (Fsp3) is 0.278. The van der Waals surface area contributed by atoms with Crippen LogP contribution in [0.15, 0.2) is 54.7 Å². The van der Waals surface area contributed by atoms with Crippen LogP contribution in [-0.2, 0) is 33.7 Å². The van der Waals surface area contributed by atoms with Crippen molar-refractivity contribution >= 4 is 10.1 Å². The van der Waals surface area contributed by atoms with Gasteiger partial charge in [0.25, 0.3) is 0 Å². The van der Waals surface area contributed by atoms with E-state index < -0.39 is 15.6 Å². The van der Waals surface area contributed by atoms with E-state index in [1.54, 1.807) is 0 Å². The molecule has 2 rings (SSSR count). The number of pyridine rings is 1. The van der Waals surface area contributed by atoms with Crippen molar-refractivity contribution in [3.8, 4) is 12.3 Å². The van der Waals surface area contributed by atoms with Crippen LogP contribution in [0.5, 0.6) is 0 Å². The zero-order valence-electron chi connectivity index (χ0n) is 14.1. The van der Waals surface area contributed by atoms with Gasteiger partial charge in [0.2, 0.25) is 6.54 Å². The lowest BCUT2D eigenvalue weighted by Crippen LogP contribution is -2.37. The molecule has 0 amide bonds. The minimum atomic E-state index is -5.34. The third-order valence-corrected chi connectivity index (χ3v) is 4.32. The number of hydrogen-bond donors (Lipinski definition) is 0. The Bertz CT molecular complexity index is 829. The number of halogens is 3. The van der Waals surface area contributed by atoms with Crippen molar-refractivity contribution in [2.24, 2.45) is 0 Å². The van der Waals surface area contributed by atoms with E-state index in [2.05, 4.69) is 51.1 Å². The Morgan fingerprint density at radius 1 is 1.08 bits per heavy atom. The lowest BCUT2D eigenvalue weighted by molar-refractivity contribution is -0.692. The molecule has 4 nitrogen and oxygen atoms in total. The largest absolute Gasteiger partial charge is 0.523 e. The molecule has 0 radical (unpaired) electrons. The molecule has 140 valence electrons. The Labute approximate surface area is 151 Å². The molecule has 0 aliphatic carbocycles. The number of hydrogen-bond acceptors (Lipinski definition) is 3. The first-order valence-corrected chi connectivity index (χ1v) is 8.93. The van der Waals surface area contributed by atoms with Crippen LogP contribution in [0.2, 0.25) is 0 Å². The quantitative estimate of drug-likeness (QED) is 0.344. The molecule has 0 fully saturated rings. The van der Waals surface area contributed by atoms with Gasteiger partial charge in [-0.05, 0) is 17.9 Å². The summed E-state index contributed by atoms with van der Waals surface area (Å²) in [5, 5.41) is 0. The van der Waals surface area contributed by atoms with Gasteiger partial charge in [0.1, 0.15) is 0 Å². The number of nitrogens with zero attached hydrogens (tertiary/aromatic N) is 1. The van der Waals surface area contributed by atoms with E-state index >= 15 is 0 Å². The average Bonchev–Trinajstić information content (AvgIpc) is 2.62. The van der Waals surface area contributed by atoms with Crippen LogP contribution in [0, 0.1) is 12.3 Å². The highest BCUT2D eigenvalue weighted by Crippen LogP contribution is 2.23. The van der Waals surface area contributed by atoms with Gasteiger partial charge in [0, 0.05) is 18.6 Å². The number of terminal acetylenes is 1. The summed E-state index contributed by atoms with van der Waals surface area (Å²) in [6, 6.07) is 16.7. The molecule has 0 unspecified atom stereocenters. The van der Waals surface area contributed by atoms with Crippen molar-refractivity contribution in [1.82, 2.24) is 0 Å². The number of rotatable bonds is 5. The predicted octanol–water partition coefficient (Wildman–Crippen LogP) is 2.87. The second-order valence-corrected chi connectivity index (χ2v) is 6.78. The van der Waals surface area contributed by atoms with Gasteiger partial charge < -0.3 is 0 Å². The molecule has 1 aromatic carbocycles. The molecule has 0 bridgehead atoms. The minimum absolute atomic E-state index is 0.447. The van der Waals surface area contributed by atoms with Gasteiger partial charge >= 0.3 is 15.6 Å². The average molecular weight is 386 g/mol. The van der Waals surface area contributed by atoms with Gasteiger partial charge in [-0.2, -0.15) is 26.2 Å². The zero-order valence-corrected chi connectivity index (χ0v) is 14.9. The Kier molecular flexibility index (Phi) is 8.29. The molecule has 8 heteroatoms. The van der Waals surface area contributed by atoms with Crippen LogP contribution in [0.3, 0.4) is 0 Å². The summed E-state index contributed by atoms with van der Waals surface area (Å²) in [6.07, 6.45) is 9.48. The Hall–Kier alpha value is -2.37.